The number of hydrogen-bond donors (Lipinski definition) is 0. The maximum absolute atomic E-state index is 12.6. The van der Waals surface area contributed by atoms with Crippen LogP contribution in [0.25, 0.3) is 0 Å². The van der Waals surface area contributed by atoms with E-state index in [0.717, 1.165) is 71.0 Å². The van der Waals surface area contributed by atoms with Crippen molar-refractivity contribution in [1.29, 1.82) is 0 Å². The quantitative estimate of drug-likeness (QED) is 0.749. The van der Waals surface area contributed by atoms with E-state index >= 15 is 0 Å². The first kappa shape index (κ1) is 15.6. The smallest absolute Gasteiger partial charge is 0.320 e. The summed E-state index contributed by atoms with van der Waals surface area (Å²) in [5.74, 6) is 0.974. The number of aromatic nitrogens is 2. The zero-order chi connectivity index (χ0) is 16.5. The monoisotopic (exact) mass is 330 g/mol. The third-order valence-corrected chi connectivity index (χ3v) is 5.45. The summed E-state index contributed by atoms with van der Waals surface area (Å²) in [6.45, 7) is 6.83. The zero-order valence-electron chi connectivity index (χ0n) is 14.4. The van der Waals surface area contributed by atoms with Crippen molar-refractivity contribution in [2.45, 2.75) is 19.3 Å². The fraction of sp³-hybridized carbons (Fsp3) is 0.706. The molecule has 2 saturated heterocycles. The van der Waals surface area contributed by atoms with Crippen molar-refractivity contribution in [2.24, 2.45) is 0 Å². The fourth-order valence-electron chi connectivity index (χ4n) is 3.80. The number of amides is 2. The average molecular weight is 330 g/mol. The van der Waals surface area contributed by atoms with Gasteiger partial charge in [-0.25, -0.2) is 4.79 Å². The highest BCUT2D eigenvalue weighted by Gasteiger charge is 2.28. The summed E-state index contributed by atoms with van der Waals surface area (Å²) in [6, 6.07) is 2.40. The molecule has 2 amide bonds. The van der Waals surface area contributed by atoms with Gasteiger partial charge in [-0.1, -0.05) is 0 Å². The lowest BCUT2D eigenvalue weighted by atomic mass is 10.2. The van der Waals surface area contributed by atoms with Crippen LogP contribution in [-0.2, 0) is 12.8 Å². The molecule has 2 aliphatic heterocycles. The number of hydrogen-bond acceptors (Lipinski definition) is 5. The molecule has 2 fully saturated rings. The molecule has 0 bridgehead atoms. The highest BCUT2D eigenvalue weighted by atomic mass is 16.2. The van der Waals surface area contributed by atoms with Gasteiger partial charge in [-0.05, 0) is 37.9 Å². The predicted octanol–water partition coefficient (Wildman–Crippen LogP) is 0.455. The van der Waals surface area contributed by atoms with Crippen LogP contribution in [0.1, 0.15) is 17.7 Å². The van der Waals surface area contributed by atoms with Crippen LogP contribution in [0.4, 0.5) is 10.6 Å². The molecule has 7 nitrogen and oxygen atoms in total. The van der Waals surface area contributed by atoms with Crippen molar-refractivity contribution in [1.82, 2.24) is 24.9 Å². The number of aryl methyl sites for hydroxylation is 2. The van der Waals surface area contributed by atoms with Gasteiger partial charge in [0.25, 0.3) is 0 Å². The van der Waals surface area contributed by atoms with E-state index in [1.165, 1.54) is 17.7 Å². The van der Waals surface area contributed by atoms with E-state index in [4.69, 9.17) is 0 Å². The molecule has 0 radical (unpaired) electrons. The largest absolute Gasteiger partial charge is 0.352 e. The zero-order valence-corrected chi connectivity index (χ0v) is 14.4. The Kier molecular flexibility index (Phi) is 4.26. The van der Waals surface area contributed by atoms with E-state index in [9.17, 15) is 4.79 Å². The molecule has 0 N–H and O–H groups in total. The van der Waals surface area contributed by atoms with Crippen molar-refractivity contribution in [3.8, 4) is 0 Å². The molecule has 130 valence electrons. The molecule has 3 aliphatic rings. The molecule has 0 atom stereocenters. The standard InChI is InChI=1S/C17H26N6O/c1-20-5-7-22(8-6-20)17(24)23-11-9-21(10-12-23)16-13-14-3-2-4-15(14)18-19-16/h13H,2-12H2,1H3. The highest BCUT2D eigenvalue weighted by Crippen LogP contribution is 2.23. The minimum Gasteiger partial charge on any atom is -0.352 e. The second kappa shape index (κ2) is 6.55. The van der Waals surface area contributed by atoms with E-state index < -0.39 is 0 Å². The summed E-state index contributed by atoms with van der Waals surface area (Å²) >= 11 is 0. The van der Waals surface area contributed by atoms with Gasteiger partial charge in [0, 0.05) is 52.4 Å². The van der Waals surface area contributed by atoms with E-state index in [-0.39, 0.29) is 6.03 Å². The number of urea groups is 1. The Bertz CT molecular complexity index is 605. The molecule has 7 heteroatoms. The molecule has 0 saturated carbocycles. The van der Waals surface area contributed by atoms with Gasteiger partial charge in [0.15, 0.2) is 5.82 Å². The molecule has 1 aromatic rings. The lowest BCUT2D eigenvalue weighted by Crippen LogP contribution is -2.56. The number of anilines is 1. The highest BCUT2D eigenvalue weighted by molar-refractivity contribution is 5.75. The molecule has 1 aliphatic carbocycles. The molecule has 3 heterocycles. The second-order valence-electron chi connectivity index (χ2n) is 7.08. The van der Waals surface area contributed by atoms with Crippen LogP contribution in [0.2, 0.25) is 0 Å². The van der Waals surface area contributed by atoms with Gasteiger partial charge in [-0.15, -0.1) is 5.10 Å². The number of nitrogens with zero attached hydrogens (tertiary/aromatic N) is 6. The van der Waals surface area contributed by atoms with Crippen LogP contribution in [0.3, 0.4) is 0 Å². The van der Waals surface area contributed by atoms with Crippen LogP contribution >= 0.6 is 0 Å². The molecular formula is C17H26N6O. The fourth-order valence-corrected chi connectivity index (χ4v) is 3.80. The van der Waals surface area contributed by atoms with Crippen LogP contribution in [0, 0.1) is 0 Å². The second-order valence-corrected chi connectivity index (χ2v) is 7.08. The van der Waals surface area contributed by atoms with Crippen molar-refractivity contribution >= 4 is 11.8 Å². The first-order valence-corrected chi connectivity index (χ1v) is 9.03. The lowest BCUT2D eigenvalue weighted by molar-refractivity contribution is 0.120. The predicted molar refractivity (Wildman–Crippen MR) is 92.3 cm³/mol. The van der Waals surface area contributed by atoms with E-state index in [2.05, 4.69) is 33.1 Å². The Hall–Kier alpha value is -1.89. The average Bonchev–Trinajstić information content (AvgIpc) is 3.09. The summed E-state index contributed by atoms with van der Waals surface area (Å²) in [6.07, 6.45) is 3.39. The Balaban J connectivity index is 1.34. The number of likely N-dealkylation sites (N-methyl/N-ethyl adjacent to an activating group) is 1. The Labute approximate surface area is 143 Å². The topological polar surface area (TPSA) is 55.8 Å². The number of carbonyl (C=O) groups is 1. The number of fused-ring (bicyclic) bond motifs is 1. The van der Waals surface area contributed by atoms with Gasteiger partial charge in [0.05, 0.1) is 5.69 Å². The van der Waals surface area contributed by atoms with Crippen molar-refractivity contribution in [3.05, 3.63) is 17.3 Å². The molecule has 0 unspecified atom stereocenters. The first-order chi connectivity index (χ1) is 11.7. The summed E-state index contributed by atoms with van der Waals surface area (Å²) in [5.41, 5.74) is 2.53. The third kappa shape index (κ3) is 3.05. The summed E-state index contributed by atoms with van der Waals surface area (Å²) in [7, 11) is 2.11. The molecular weight excluding hydrogens is 304 g/mol. The lowest BCUT2D eigenvalue weighted by Gasteiger charge is -2.40. The van der Waals surface area contributed by atoms with Crippen LogP contribution in [0.15, 0.2) is 6.07 Å². The van der Waals surface area contributed by atoms with Crippen molar-refractivity contribution < 1.29 is 4.79 Å². The number of carbonyl (C=O) groups excluding carboxylic acids is 1. The Morgan fingerprint density at radius 2 is 1.58 bits per heavy atom. The van der Waals surface area contributed by atoms with Gasteiger partial charge in [-0.2, -0.15) is 5.10 Å². The SMILES string of the molecule is CN1CCN(C(=O)N2CCN(c3cc4c(nn3)CCC4)CC2)CC1. The van der Waals surface area contributed by atoms with E-state index in [1.807, 2.05) is 9.80 Å². The van der Waals surface area contributed by atoms with Gasteiger partial charge >= 0.3 is 6.03 Å². The van der Waals surface area contributed by atoms with Crippen molar-refractivity contribution in [2.75, 3.05) is 64.3 Å². The first-order valence-electron chi connectivity index (χ1n) is 9.03. The maximum atomic E-state index is 12.6. The molecule has 0 aromatic carbocycles. The van der Waals surface area contributed by atoms with Gasteiger partial charge in [0.2, 0.25) is 0 Å². The van der Waals surface area contributed by atoms with Crippen LogP contribution in [-0.4, -0.2) is 90.3 Å². The van der Waals surface area contributed by atoms with E-state index in [0.29, 0.717) is 0 Å². The Morgan fingerprint density at radius 3 is 2.29 bits per heavy atom. The van der Waals surface area contributed by atoms with Crippen molar-refractivity contribution in [3.63, 3.8) is 0 Å². The number of rotatable bonds is 1. The molecule has 0 spiro atoms. The molecule has 24 heavy (non-hydrogen) atoms. The third-order valence-electron chi connectivity index (χ3n) is 5.45. The van der Waals surface area contributed by atoms with Crippen LogP contribution in [0.5, 0.6) is 0 Å². The Morgan fingerprint density at radius 1 is 0.917 bits per heavy atom. The van der Waals surface area contributed by atoms with E-state index in [1.54, 1.807) is 0 Å². The minimum absolute atomic E-state index is 0.197. The molecule has 1 aromatic heterocycles. The number of piperazine rings is 2. The van der Waals surface area contributed by atoms with Crippen LogP contribution < -0.4 is 4.90 Å². The normalized spacial score (nSPS) is 22.0. The minimum atomic E-state index is 0.197. The van der Waals surface area contributed by atoms with Gasteiger partial charge in [0.1, 0.15) is 0 Å². The summed E-state index contributed by atoms with van der Waals surface area (Å²) in [5, 5.41) is 8.78. The maximum Gasteiger partial charge on any atom is 0.320 e. The summed E-state index contributed by atoms with van der Waals surface area (Å²) in [4.78, 5) is 21.2. The molecule has 4 rings (SSSR count). The van der Waals surface area contributed by atoms with Gasteiger partial charge < -0.3 is 19.6 Å². The summed E-state index contributed by atoms with van der Waals surface area (Å²) < 4.78 is 0. The van der Waals surface area contributed by atoms with Gasteiger partial charge in [-0.3, -0.25) is 0 Å².